The van der Waals surface area contributed by atoms with E-state index in [1.807, 2.05) is 0 Å². The lowest BCUT2D eigenvalue weighted by Gasteiger charge is -2.40. The predicted octanol–water partition coefficient (Wildman–Crippen LogP) is -1.27. The van der Waals surface area contributed by atoms with Crippen LogP contribution in [-0.4, -0.2) is 141 Å². The van der Waals surface area contributed by atoms with E-state index in [-0.39, 0.29) is 19.3 Å². The number of methoxy groups -OCH3 is 2. The molecule has 2 aliphatic rings. The Balaban J connectivity index is 1.33. The maximum Gasteiger partial charge on any atom is 0.163 e. The van der Waals surface area contributed by atoms with Crippen LogP contribution in [0.15, 0.2) is 48.6 Å². The number of carbonyl (C=O) groups excluding carboxylic acids is 2. The van der Waals surface area contributed by atoms with E-state index < -0.39 is 85.8 Å². The van der Waals surface area contributed by atoms with E-state index in [9.17, 15) is 50.4 Å². The number of rotatable bonds is 14. The molecule has 0 radical (unpaired) electrons. The smallest absolute Gasteiger partial charge is 0.163 e. The number of aliphatic hydroxyl groups excluding tert-OH is 8. The molecule has 0 aliphatic carbocycles. The summed E-state index contributed by atoms with van der Waals surface area (Å²) < 4.78 is 22.1. The van der Waals surface area contributed by atoms with Gasteiger partial charge < -0.3 is 59.8 Å². The normalized spacial score (nSPS) is 30.5. The lowest BCUT2D eigenvalue weighted by Crippen LogP contribution is -2.59. The molecule has 0 amide bonds. The van der Waals surface area contributed by atoms with Gasteiger partial charge in [-0.3, -0.25) is 9.59 Å². The quantitative estimate of drug-likeness (QED) is 0.0855. The molecule has 0 bridgehead atoms. The first-order chi connectivity index (χ1) is 23.4. The molecule has 2 fully saturated rings. The minimum atomic E-state index is -1.49. The molecule has 2 aromatic carbocycles. The number of benzene rings is 2. The van der Waals surface area contributed by atoms with Crippen LogP contribution in [0.25, 0.3) is 12.2 Å². The zero-order valence-corrected chi connectivity index (χ0v) is 27.1. The first-order valence-corrected chi connectivity index (χ1v) is 15.8. The van der Waals surface area contributed by atoms with Crippen molar-refractivity contribution in [2.24, 2.45) is 0 Å². The average Bonchev–Trinajstić information content (AvgIpc) is 3.10. The van der Waals surface area contributed by atoms with Crippen molar-refractivity contribution in [2.45, 2.75) is 80.3 Å². The fourth-order valence-corrected chi connectivity index (χ4v) is 5.86. The van der Waals surface area contributed by atoms with E-state index in [4.69, 9.17) is 18.9 Å². The van der Waals surface area contributed by atoms with Crippen LogP contribution < -0.4 is 9.47 Å². The summed E-state index contributed by atoms with van der Waals surface area (Å²) in [5, 5.41) is 79.8. The molecule has 0 spiro atoms. The van der Waals surface area contributed by atoms with Gasteiger partial charge in [0.1, 0.15) is 60.3 Å². The molecule has 2 heterocycles. The van der Waals surface area contributed by atoms with Gasteiger partial charge in [-0.1, -0.05) is 36.4 Å². The topological polar surface area (TPSA) is 233 Å². The Labute approximate surface area is 283 Å². The zero-order chi connectivity index (χ0) is 35.8. The highest BCUT2D eigenvalue weighted by Crippen LogP contribution is 2.30. The van der Waals surface area contributed by atoms with Gasteiger partial charge in [0.15, 0.2) is 11.6 Å². The first kappa shape index (κ1) is 38.3. The second kappa shape index (κ2) is 17.4. The monoisotopic (exact) mass is 688 g/mol. The molecular weight excluding hydrogens is 644 g/mol. The summed E-state index contributed by atoms with van der Waals surface area (Å²) in [5.41, 5.74) is 2.44. The van der Waals surface area contributed by atoms with Crippen LogP contribution in [0.3, 0.4) is 0 Å². The van der Waals surface area contributed by atoms with E-state index in [0.717, 1.165) is 0 Å². The number of aliphatic hydroxyl groups is 8. The molecule has 0 saturated carbocycles. The van der Waals surface area contributed by atoms with Gasteiger partial charge in [-0.2, -0.15) is 0 Å². The van der Waals surface area contributed by atoms with E-state index in [2.05, 4.69) is 0 Å². The SMILES string of the molecule is COc1cc(/C=C/C(=O)CC(=O)/C=C/c2ccc(CC3OC(CO)[C@@H](O)C(O)[C@H]3O)c(OC)c2)ccc1CC1O[C@H](CO)C(O)[C@H](O)C1O. The lowest BCUT2D eigenvalue weighted by molar-refractivity contribution is -0.228. The van der Waals surface area contributed by atoms with Crippen LogP contribution >= 0.6 is 0 Å². The molecule has 0 aromatic heterocycles. The molecule has 49 heavy (non-hydrogen) atoms. The summed E-state index contributed by atoms with van der Waals surface area (Å²) in [6, 6.07) is 10.1. The predicted molar refractivity (Wildman–Crippen MR) is 174 cm³/mol. The maximum absolute atomic E-state index is 12.5. The van der Waals surface area contributed by atoms with Gasteiger partial charge in [0.25, 0.3) is 0 Å². The van der Waals surface area contributed by atoms with Crippen LogP contribution in [0.2, 0.25) is 0 Å². The zero-order valence-electron chi connectivity index (χ0n) is 27.1. The Kier molecular flexibility index (Phi) is 13.6. The van der Waals surface area contributed by atoms with Crippen LogP contribution in [-0.2, 0) is 31.9 Å². The number of hydrogen-bond acceptors (Lipinski definition) is 14. The molecule has 6 unspecified atom stereocenters. The Bertz CT molecular complexity index is 1380. The maximum atomic E-state index is 12.5. The second-order valence-corrected chi connectivity index (χ2v) is 12.1. The number of carbonyl (C=O) groups is 2. The summed E-state index contributed by atoms with van der Waals surface area (Å²) in [6.07, 6.45) is -7.12. The van der Waals surface area contributed by atoms with Gasteiger partial charge in [-0.15, -0.1) is 0 Å². The van der Waals surface area contributed by atoms with E-state index in [1.165, 1.54) is 38.5 Å². The molecule has 2 saturated heterocycles. The summed E-state index contributed by atoms with van der Waals surface area (Å²) in [7, 11) is 2.89. The summed E-state index contributed by atoms with van der Waals surface area (Å²) >= 11 is 0. The van der Waals surface area contributed by atoms with Gasteiger partial charge in [-0.25, -0.2) is 0 Å². The van der Waals surface area contributed by atoms with E-state index in [1.54, 1.807) is 36.4 Å². The number of hydrogen-bond donors (Lipinski definition) is 8. The Hall–Kier alpha value is -3.54. The Morgan fingerprint density at radius 3 is 1.33 bits per heavy atom. The molecule has 268 valence electrons. The van der Waals surface area contributed by atoms with Crippen LogP contribution in [0.5, 0.6) is 11.5 Å². The van der Waals surface area contributed by atoms with E-state index in [0.29, 0.717) is 33.8 Å². The van der Waals surface area contributed by atoms with Crippen molar-refractivity contribution in [1.29, 1.82) is 0 Å². The number of ketones is 2. The van der Waals surface area contributed by atoms with Crippen LogP contribution in [0, 0.1) is 0 Å². The largest absolute Gasteiger partial charge is 0.496 e. The third kappa shape index (κ3) is 9.38. The van der Waals surface area contributed by atoms with Crippen molar-refractivity contribution >= 4 is 23.7 Å². The lowest BCUT2D eigenvalue weighted by atomic mass is 9.91. The number of allylic oxidation sites excluding steroid dienone is 2. The summed E-state index contributed by atoms with van der Waals surface area (Å²) in [4.78, 5) is 25.1. The average molecular weight is 689 g/mol. The molecule has 2 aliphatic heterocycles. The molecule has 4 rings (SSSR count). The van der Waals surface area contributed by atoms with Crippen molar-refractivity contribution in [3.8, 4) is 11.5 Å². The highest BCUT2D eigenvalue weighted by molar-refractivity contribution is 6.10. The Morgan fingerprint density at radius 2 is 0.980 bits per heavy atom. The molecular formula is C35H44O14. The fourth-order valence-electron chi connectivity index (χ4n) is 5.86. The summed E-state index contributed by atoms with van der Waals surface area (Å²) in [6.45, 7) is -1.07. The first-order valence-electron chi connectivity index (χ1n) is 15.8. The van der Waals surface area contributed by atoms with E-state index >= 15 is 0 Å². The van der Waals surface area contributed by atoms with Crippen molar-refractivity contribution in [2.75, 3.05) is 27.4 Å². The van der Waals surface area contributed by atoms with Crippen LogP contribution in [0.1, 0.15) is 28.7 Å². The van der Waals surface area contributed by atoms with Crippen molar-refractivity contribution in [3.63, 3.8) is 0 Å². The highest BCUT2D eigenvalue weighted by atomic mass is 16.6. The molecule has 2 aromatic rings. The highest BCUT2D eigenvalue weighted by Gasteiger charge is 2.44. The Morgan fingerprint density at radius 1 is 0.612 bits per heavy atom. The molecule has 8 N–H and O–H groups in total. The van der Waals surface area contributed by atoms with Gasteiger partial charge >= 0.3 is 0 Å². The van der Waals surface area contributed by atoms with Gasteiger partial charge in [0, 0.05) is 12.8 Å². The van der Waals surface area contributed by atoms with Gasteiger partial charge in [0.2, 0.25) is 0 Å². The van der Waals surface area contributed by atoms with Gasteiger partial charge in [0.05, 0.1) is 46.1 Å². The van der Waals surface area contributed by atoms with Crippen molar-refractivity contribution < 1.29 is 69.4 Å². The molecule has 14 heteroatoms. The minimum Gasteiger partial charge on any atom is -0.496 e. The standard InChI is InChI=1S/C35H44O14/c1-46-24-11-18(3-7-20(24)13-26-30(40)34(44)32(42)28(16-36)48-26)5-9-22(38)15-23(39)10-6-19-4-8-21(25(12-19)47-2)14-27-31(41)35(45)33(43)29(17-37)49-27/h3-12,26-37,40-45H,13-17H2,1-2H3/b9-5+,10-6+/t26?,27?,28-,29?,30?,31+,32?,33-,34-,35?/m1/s1. The third-order valence-electron chi connectivity index (χ3n) is 8.72. The van der Waals surface area contributed by atoms with Crippen molar-refractivity contribution in [3.05, 3.63) is 70.8 Å². The van der Waals surface area contributed by atoms with Crippen molar-refractivity contribution in [1.82, 2.24) is 0 Å². The minimum absolute atomic E-state index is 0.112. The fraction of sp³-hybridized carbons (Fsp3) is 0.486. The van der Waals surface area contributed by atoms with Crippen LogP contribution in [0.4, 0.5) is 0 Å². The molecule has 14 nitrogen and oxygen atoms in total. The second-order valence-electron chi connectivity index (χ2n) is 12.1. The number of ether oxygens (including phenoxy) is 4. The third-order valence-corrected chi connectivity index (χ3v) is 8.72. The molecule has 10 atom stereocenters. The summed E-state index contributed by atoms with van der Waals surface area (Å²) in [5.74, 6) is -0.0432. The van der Waals surface area contributed by atoms with Gasteiger partial charge in [-0.05, 0) is 46.5 Å².